The molecule has 25 heavy (non-hydrogen) atoms. The second-order valence-corrected chi connectivity index (χ2v) is 7.24. The molecule has 1 amide bonds. The van der Waals surface area contributed by atoms with Crippen molar-refractivity contribution in [2.45, 2.75) is 67.3 Å². The van der Waals surface area contributed by atoms with E-state index < -0.39 is 0 Å². The summed E-state index contributed by atoms with van der Waals surface area (Å²) in [7, 11) is 0. The summed E-state index contributed by atoms with van der Waals surface area (Å²) in [6, 6.07) is 6.16. The summed E-state index contributed by atoms with van der Waals surface area (Å²) in [5.74, 6) is 0.627. The summed E-state index contributed by atoms with van der Waals surface area (Å²) in [5, 5.41) is 7.75. The molecule has 0 spiro atoms. The van der Waals surface area contributed by atoms with Gasteiger partial charge in [-0.3, -0.25) is 9.48 Å². The van der Waals surface area contributed by atoms with Gasteiger partial charge in [0.05, 0.1) is 5.69 Å². The second-order valence-electron chi connectivity index (χ2n) is 7.24. The van der Waals surface area contributed by atoms with Gasteiger partial charge < -0.3 is 5.32 Å². The molecule has 136 valence electrons. The van der Waals surface area contributed by atoms with Gasteiger partial charge in [-0.15, -0.1) is 0 Å². The molecule has 0 aliphatic carbocycles. The largest absolute Gasteiger partial charge is 0.326 e. The summed E-state index contributed by atoms with van der Waals surface area (Å²) in [4.78, 5) is 12.5. The first kappa shape index (κ1) is 19.2. The maximum Gasteiger partial charge on any atom is 0.224 e. The predicted octanol–water partition coefficient (Wildman–Crippen LogP) is 4.60. The first-order chi connectivity index (χ1) is 11.8. The Morgan fingerprint density at radius 3 is 2.60 bits per heavy atom. The highest BCUT2D eigenvalue weighted by atomic mass is 16.1. The van der Waals surface area contributed by atoms with Crippen LogP contribution in [0.25, 0.3) is 0 Å². The number of nitrogens with one attached hydrogen (secondary N) is 1. The van der Waals surface area contributed by atoms with Crippen molar-refractivity contribution in [3.05, 3.63) is 46.3 Å². The summed E-state index contributed by atoms with van der Waals surface area (Å²) in [6.45, 7) is 13.6. The lowest BCUT2D eigenvalue weighted by Gasteiger charge is -2.13. The first-order valence-electron chi connectivity index (χ1n) is 9.24. The number of benzene rings is 1. The molecule has 2 aromatic rings. The molecule has 1 aromatic carbocycles. The van der Waals surface area contributed by atoms with Crippen LogP contribution in [0.4, 0.5) is 5.69 Å². The van der Waals surface area contributed by atoms with Crippen molar-refractivity contribution in [1.82, 2.24) is 9.78 Å². The number of rotatable bonds is 7. The molecule has 0 saturated heterocycles. The fourth-order valence-electron chi connectivity index (χ4n) is 3.26. The van der Waals surface area contributed by atoms with E-state index in [2.05, 4.69) is 48.9 Å². The van der Waals surface area contributed by atoms with E-state index >= 15 is 0 Å². The van der Waals surface area contributed by atoms with Gasteiger partial charge in [0, 0.05) is 24.3 Å². The Kier molecular flexibility index (Phi) is 6.40. The average molecular weight is 341 g/mol. The molecule has 1 heterocycles. The number of amides is 1. The molecule has 0 bridgehead atoms. The summed E-state index contributed by atoms with van der Waals surface area (Å²) < 4.78 is 2.07. The van der Waals surface area contributed by atoms with Crippen LogP contribution in [0, 0.1) is 26.7 Å². The predicted molar refractivity (Wildman–Crippen MR) is 104 cm³/mol. The van der Waals surface area contributed by atoms with E-state index in [1.165, 1.54) is 16.8 Å². The van der Waals surface area contributed by atoms with Crippen LogP contribution in [0.3, 0.4) is 0 Å². The number of para-hydroxylation sites is 1. The Morgan fingerprint density at radius 1 is 1.24 bits per heavy atom. The number of aryl methyl sites for hydroxylation is 3. The summed E-state index contributed by atoms with van der Waals surface area (Å²) in [6.07, 6.45) is 2.12. The third-order valence-corrected chi connectivity index (χ3v) is 4.68. The first-order valence-corrected chi connectivity index (χ1v) is 9.24. The number of nitrogens with zero attached hydrogens (tertiary/aromatic N) is 2. The van der Waals surface area contributed by atoms with Crippen LogP contribution in [-0.2, 0) is 24.2 Å². The van der Waals surface area contributed by atoms with Gasteiger partial charge in [-0.2, -0.15) is 5.10 Å². The molecule has 4 heteroatoms. The molecule has 0 saturated carbocycles. The standard InChI is InChI=1S/C21H31N3O/c1-7-18-10-8-9-15(4)21(18)22-20(25)12-11-19-16(5)23-24(17(19)6)13-14(2)3/h8-10,14H,7,11-13H2,1-6H3,(H,22,25). The van der Waals surface area contributed by atoms with Gasteiger partial charge in [0.25, 0.3) is 0 Å². The van der Waals surface area contributed by atoms with Crippen LogP contribution in [-0.4, -0.2) is 15.7 Å². The third-order valence-electron chi connectivity index (χ3n) is 4.68. The number of hydrogen-bond donors (Lipinski definition) is 1. The van der Waals surface area contributed by atoms with Crippen molar-refractivity contribution in [3.63, 3.8) is 0 Å². The lowest BCUT2D eigenvalue weighted by molar-refractivity contribution is -0.116. The molecule has 2 rings (SSSR count). The number of carbonyl (C=O) groups is 1. The Labute approximate surface area is 151 Å². The van der Waals surface area contributed by atoms with Gasteiger partial charge in [-0.05, 0) is 56.2 Å². The molecule has 0 unspecified atom stereocenters. The minimum absolute atomic E-state index is 0.0689. The van der Waals surface area contributed by atoms with Gasteiger partial charge in [-0.25, -0.2) is 0 Å². The Balaban J connectivity index is 2.05. The van der Waals surface area contributed by atoms with Gasteiger partial charge in [0.1, 0.15) is 0 Å². The molecule has 0 atom stereocenters. The molecule has 0 aliphatic rings. The normalized spacial score (nSPS) is 11.2. The highest BCUT2D eigenvalue weighted by Gasteiger charge is 2.15. The molecule has 1 aromatic heterocycles. The minimum Gasteiger partial charge on any atom is -0.326 e. The lowest BCUT2D eigenvalue weighted by Crippen LogP contribution is -2.15. The number of hydrogen-bond acceptors (Lipinski definition) is 2. The minimum atomic E-state index is 0.0689. The third kappa shape index (κ3) is 4.71. The zero-order valence-electron chi connectivity index (χ0n) is 16.4. The quantitative estimate of drug-likeness (QED) is 0.800. The van der Waals surface area contributed by atoms with E-state index in [0.717, 1.165) is 36.3 Å². The van der Waals surface area contributed by atoms with E-state index in [1.807, 2.05) is 26.0 Å². The van der Waals surface area contributed by atoms with Crippen molar-refractivity contribution in [3.8, 4) is 0 Å². The van der Waals surface area contributed by atoms with Crippen molar-refractivity contribution < 1.29 is 4.79 Å². The van der Waals surface area contributed by atoms with Gasteiger partial charge in [0.2, 0.25) is 5.91 Å². The zero-order chi connectivity index (χ0) is 18.6. The van der Waals surface area contributed by atoms with Crippen LogP contribution in [0.1, 0.15) is 55.3 Å². The molecule has 0 fully saturated rings. The number of carbonyl (C=O) groups excluding carboxylic acids is 1. The molecule has 1 N–H and O–H groups in total. The van der Waals surface area contributed by atoms with Crippen LogP contribution in [0.2, 0.25) is 0 Å². The van der Waals surface area contributed by atoms with Crippen LogP contribution >= 0.6 is 0 Å². The monoisotopic (exact) mass is 341 g/mol. The van der Waals surface area contributed by atoms with E-state index in [-0.39, 0.29) is 5.91 Å². The average Bonchev–Trinajstić information content (AvgIpc) is 2.80. The van der Waals surface area contributed by atoms with Crippen molar-refractivity contribution in [2.75, 3.05) is 5.32 Å². The maximum absolute atomic E-state index is 12.5. The SMILES string of the molecule is CCc1cccc(C)c1NC(=O)CCc1c(C)nn(CC(C)C)c1C. The van der Waals surface area contributed by atoms with Crippen molar-refractivity contribution in [1.29, 1.82) is 0 Å². The molecular weight excluding hydrogens is 310 g/mol. The van der Waals surface area contributed by atoms with Crippen molar-refractivity contribution >= 4 is 11.6 Å². The van der Waals surface area contributed by atoms with Gasteiger partial charge in [-0.1, -0.05) is 39.0 Å². The summed E-state index contributed by atoms with van der Waals surface area (Å²) >= 11 is 0. The number of aromatic nitrogens is 2. The maximum atomic E-state index is 12.5. The Bertz CT molecular complexity index is 744. The summed E-state index contributed by atoms with van der Waals surface area (Å²) in [5.41, 5.74) is 6.70. The van der Waals surface area contributed by atoms with Crippen molar-refractivity contribution in [2.24, 2.45) is 5.92 Å². The van der Waals surface area contributed by atoms with Gasteiger partial charge in [0.15, 0.2) is 0 Å². The molecule has 0 aliphatic heterocycles. The number of anilines is 1. The fraction of sp³-hybridized carbons (Fsp3) is 0.524. The molecule has 4 nitrogen and oxygen atoms in total. The lowest BCUT2D eigenvalue weighted by atomic mass is 10.0. The van der Waals surface area contributed by atoms with Crippen LogP contribution in [0.5, 0.6) is 0 Å². The van der Waals surface area contributed by atoms with Crippen LogP contribution in [0.15, 0.2) is 18.2 Å². The topological polar surface area (TPSA) is 46.9 Å². The molecule has 0 radical (unpaired) electrons. The van der Waals surface area contributed by atoms with E-state index in [9.17, 15) is 4.79 Å². The smallest absolute Gasteiger partial charge is 0.224 e. The van der Waals surface area contributed by atoms with E-state index in [4.69, 9.17) is 0 Å². The highest BCUT2D eigenvalue weighted by molar-refractivity contribution is 5.92. The fourth-order valence-corrected chi connectivity index (χ4v) is 3.26. The Morgan fingerprint density at radius 2 is 1.96 bits per heavy atom. The second kappa shape index (κ2) is 8.32. The highest BCUT2D eigenvalue weighted by Crippen LogP contribution is 2.22. The zero-order valence-corrected chi connectivity index (χ0v) is 16.4. The van der Waals surface area contributed by atoms with Crippen LogP contribution < -0.4 is 5.32 Å². The molecular formula is C21H31N3O. The Hall–Kier alpha value is -2.10. The van der Waals surface area contributed by atoms with E-state index in [1.54, 1.807) is 0 Å². The van der Waals surface area contributed by atoms with E-state index in [0.29, 0.717) is 12.3 Å². The van der Waals surface area contributed by atoms with Gasteiger partial charge >= 0.3 is 0 Å².